The molecule has 2 fully saturated rings. The second kappa shape index (κ2) is 5.54. The average molecular weight is 274 g/mol. The Balaban J connectivity index is 1.60. The second-order valence-electron chi connectivity index (χ2n) is 5.78. The molecule has 1 aliphatic heterocycles. The Morgan fingerprint density at radius 2 is 2.00 bits per heavy atom. The van der Waals surface area contributed by atoms with Gasteiger partial charge in [0.05, 0.1) is 0 Å². The van der Waals surface area contributed by atoms with Crippen LogP contribution in [-0.2, 0) is 9.53 Å². The second-order valence-corrected chi connectivity index (χ2v) is 5.78. The molecule has 1 amide bonds. The van der Waals surface area contributed by atoms with E-state index < -0.39 is 5.60 Å². The molecular weight excluding hydrogens is 252 g/mol. The standard InChI is InChI=1S/C16H22N2O2/c1-20-16(7-9-17-10-8-16)15(19)18-14-11-13(14)12-5-3-2-4-6-12/h2-6,13-14,17H,7-11H2,1H3,(H,18,19). The predicted octanol–water partition coefficient (Wildman–Crippen LogP) is 1.43. The molecule has 2 N–H and O–H groups in total. The molecule has 1 aromatic carbocycles. The van der Waals surface area contributed by atoms with Gasteiger partial charge in [-0.2, -0.15) is 0 Å². The van der Waals surface area contributed by atoms with Crippen LogP contribution in [0, 0.1) is 0 Å². The highest BCUT2D eigenvalue weighted by atomic mass is 16.5. The first kappa shape index (κ1) is 13.6. The fraction of sp³-hybridized carbons (Fsp3) is 0.562. The number of benzene rings is 1. The van der Waals surface area contributed by atoms with Crippen LogP contribution in [0.4, 0.5) is 0 Å². The van der Waals surface area contributed by atoms with E-state index in [1.54, 1.807) is 7.11 Å². The van der Waals surface area contributed by atoms with Crippen LogP contribution >= 0.6 is 0 Å². The number of rotatable bonds is 4. The summed E-state index contributed by atoms with van der Waals surface area (Å²) < 4.78 is 5.56. The Bertz CT molecular complexity index is 469. The lowest BCUT2D eigenvalue weighted by atomic mass is 9.91. The molecule has 1 heterocycles. The molecule has 1 saturated carbocycles. The van der Waals surface area contributed by atoms with Crippen LogP contribution in [0.5, 0.6) is 0 Å². The van der Waals surface area contributed by atoms with E-state index in [1.807, 2.05) is 6.07 Å². The van der Waals surface area contributed by atoms with E-state index in [0.29, 0.717) is 5.92 Å². The monoisotopic (exact) mass is 274 g/mol. The maximum atomic E-state index is 12.5. The van der Waals surface area contributed by atoms with Crippen molar-refractivity contribution in [2.45, 2.75) is 36.8 Å². The lowest BCUT2D eigenvalue weighted by Crippen LogP contribution is -2.54. The number of hydrogen-bond acceptors (Lipinski definition) is 3. The maximum Gasteiger partial charge on any atom is 0.252 e. The summed E-state index contributed by atoms with van der Waals surface area (Å²) >= 11 is 0. The molecule has 20 heavy (non-hydrogen) atoms. The van der Waals surface area contributed by atoms with Crippen molar-refractivity contribution in [1.82, 2.24) is 10.6 Å². The summed E-state index contributed by atoms with van der Waals surface area (Å²) in [5.74, 6) is 0.528. The highest BCUT2D eigenvalue weighted by molar-refractivity contribution is 5.86. The number of amides is 1. The van der Waals surface area contributed by atoms with E-state index in [9.17, 15) is 4.79 Å². The van der Waals surface area contributed by atoms with Gasteiger partial charge in [0.25, 0.3) is 5.91 Å². The maximum absolute atomic E-state index is 12.5. The van der Waals surface area contributed by atoms with E-state index in [1.165, 1.54) is 5.56 Å². The minimum atomic E-state index is -0.630. The Kier molecular flexibility index (Phi) is 3.76. The quantitative estimate of drug-likeness (QED) is 0.873. The lowest BCUT2D eigenvalue weighted by Gasteiger charge is -2.34. The molecule has 1 aromatic rings. The van der Waals surface area contributed by atoms with Gasteiger partial charge in [0.1, 0.15) is 5.60 Å². The predicted molar refractivity (Wildman–Crippen MR) is 77.6 cm³/mol. The van der Waals surface area contributed by atoms with E-state index >= 15 is 0 Å². The normalized spacial score (nSPS) is 27.9. The number of methoxy groups -OCH3 is 1. The molecule has 2 atom stereocenters. The van der Waals surface area contributed by atoms with Crippen LogP contribution in [0.25, 0.3) is 0 Å². The summed E-state index contributed by atoms with van der Waals surface area (Å²) in [5.41, 5.74) is 0.685. The van der Waals surface area contributed by atoms with Crippen LogP contribution in [-0.4, -0.2) is 37.7 Å². The minimum Gasteiger partial charge on any atom is -0.368 e. The molecule has 3 rings (SSSR count). The van der Waals surface area contributed by atoms with Crippen molar-refractivity contribution in [3.05, 3.63) is 35.9 Å². The third-order valence-corrected chi connectivity index (χ3v) is 4.55. The van der Waals surface area contributed by atoms with Crippen LogP contribution in [0.2, 0.25) is 0 Å². The molecule has 1 aliphatic carbocycles. The molecule has 108 valence electrons. The van der Waals surface area contributed by atoms with Crippen LogP contribution in [0.1, 0.15) is 30.7 Å². The molecular formula is C16H22N2O2. The Morgan fingerprint density at radius 3 is 2.65 bits per heavy atom. The number of hydrogen-bond donors (Lipinski definition) is 2. The Labute approximate surface area is 119 Å². The van der Waals surface area contributed by atoms with Gasteiger partial charge in [-0.15, -0.1) is 0 Å². The first-order chi connectivity index (χ1) is 9.75. The van der Waals surface area contributed by atoms with Gasteiger partial charge in [-0.05, 0) is 37.9 Å². The smallest absolute Gasteiger partial charge is 0.252 e. The highest BCUT2D eigenvalue weighted by Crippen LogP contribution is 2.41. The van der Waals surface area contributed by atoms with E-state index in [-0.39, 0.29) is 11.9 Å². The van der Waals surface area contributed by atoms with Crippen LogP contribution < -0.4 is 10.6 Å². The van der Waals surface area contributed by atoms with Crippen molar-refractivity contribution in [2.24, 2.45) is 0 Å². The zero-order valence-electron chi connectivity index (χ0n) is 11.9. The first-order valence-electron chi connectivity index (χ1n) is 7.37. The fourth-order valence-electron chi connectivity index (χ4n) is 3.08. The van der Waals surface area contributed by atoms with Gasteiger partial charge in [0, 0.05) is 19.1 Å². The molecule has 4 heteroatoms. The highest BCUT2D eigenvalue weighted by Gasteiger charge is 2.45. The lowest BCUT2D eigenvalue weighted by molar-refractivity contribution is -0.146. The van der Waals surface area contributed by atoms with Gasteiger partial charge in [-0.3, -0.25) is 4.79 Å². The van der Waals surface area contributed by atoms with Gasteiger partial charge >= 0.3 is 0 Å². The van der Waals surface area contributed by atoms with Crippen molar-refractivity contribution >= 4 is 5.91 Å². The van der Waals surface area contributed by atoms with Gasteiger partial charge in [0.15, 0.2) is 0 Å². The number of ether oxygens (including phenoxy) is 1. The molecule has 1 saturated heterocycles. The molecule has 0 radical (unpaired) electrons. The Hall–Kier alpha value is -1.39. The molecule has 4 nitrogen and oxygen atoms in total. The van der Waals surface area contributed by atoms with Gasteiger partial charge in [-0.1, -0.05) is 30.3 Å². The van der Waals surface area contributed by atoms with Crippen molar-refractivity contribution in [3.8, 4) is 0 Å². The SMILES string of the molecule is COC1(C(=O)NC2CC2c2ccccc2)CCNCC1. The van der Waals surface area contributed by atoms with Gasteiger partial charge < -0.3 is 15.4 Å². The molecule has 2 aliphatic rings. The van der Waals surface area contributed by atoms with Crippen molar-refractivity contribution in [1.29, 1.82) is 0 Å². The summed E-state index contributed by atoms with van der Waals surface area (Å²) in [4.78, 5) is 12.5. The molecule has 2 unspecified atom stereocenters. The third-order valence-electron chi connectivity index (χ3n) is 4.55. The largest absolute Gasteiger partial charge is 0.368 e. The molecule has 0 aromatic heterocycles. The van der Waals surface area contributed by atoms with Gasteiger partial charge in [0.2, 0.25) is 0 Å². The molecule has 0 bridgehead atoms. The first-order valence-corrected chi connectivity index (χ1v) is 7.37. The van der Waals surface area contributed by atoms with E-state index in [0.717, 1.165) is 32.4 Å². The zero-order valence-corrected chi connectivity index (χ0v) is 11.9. The zero-order chi connectivity index (χ0) is 14.0. The number of nitrogens with one attached hydrogen (secondary N) is 2. The number of piperidine rings is 1. The number of carbonyl (C=O) groups excluding carboxylic acids is 1. The van der Waals surface area contributed by atoms with E-state index in [4.69, 9.17) is 4.74 Å². The summed E-state index contributed by atoms with van der Waals surface area (Å²) in [6.45, 7) is 1.68. The number of carbonyl (C=O) groups is 1. The third kappa shape index (κ3) is 2.58. The van der Waals surface area contributed by atoms with Gasteiger partial charge in [-0.25, -0.2) is 0 Å². The molecule has 0 spiro atoms. The Morgan fingerprint density at radius 1 is 1.30 bits per heavy atom. The van der Waals surface area contributed by atoms with Crippen molar-refractivity contribution < 1.29 is 9.53 Å². The summed E-state index contributed by atoms with van der Waals surface area (Å²) in [7, 11) is 1.65. The average Bonchev–Trinajstić information content (AvgIpc) is 3.28. The van der Waals surface area contributed by atoms with Crippen LogP contribution in [0.3, 0.4) is 0 Å². The topological polar surface area (TPSA) is 50.4 Å². The van der Waals surface area contributed by atoms with E-state index in [2.05, 4.69) is 34.9 Å². The summed E-state index contributed by atoms with van der Waals surface area (Å²) in [5, 5.41) is 6.44. The van der Waals surface area contributed by atoms with Crippen molar-refractivity contribution in [3.63, 3.8) is 0 Å². The summed E-state index contributed by atoms with van der Waals surface area (Å²) in [6, 6.07) is 10.7. The summed E-state index contributed by atoms with van der Waals surface area (Å²) in [6.07, 6.45) is 2.53. The van der Waals surface area contributed by atoms with Crippen LogP contribution in [0.15, 0.2) is 30.3 Å². The fourth-order valence-corrected chi connectivity index (χ4v) is 3.08. The van der Waals surface area contributed by atoms with Crippen molar-refractivity contribution in [2.75, 3.05) is 20.2 Å². The minimum absolute atomic E-state index is 0.0601.